The monoisotopic (exact) mass is 370 g/mol. The SMILES string of the molecule is Cc1ccc(S(=O)(=O)N2CCCC2C(=O)N(C)C2CCCCC2)s1. The van der Waals surface area contributed by atoms with E-state index in [9.17, 15) is 13.2 Å². The number of rotatable bonds is 4. The van der Waals surface area contributed by atoms with Crippen LogP contribution in [0.4, 0.5) is 0 Å². The van der Waals surface area contributed by atoms with Gasteiger partial charge in [0.15, 0.2) is 0 Å². The maximum atomic E-state index is 13.0. The Labute approximate surface area is 148 Å². The van der Waals surface area contributed by atoms with Crippen molar-refractivity contribution in [3.63, 3.8) is 0 Å². The molecule has 1 aliphatic heterocycles. The maximum absolute atomic E-state index is 13.0. The number of hydrogen-bond acceptors (Lipinski definition) is 4. The van der Waals surface area contributed by atoms with E-state index in [0.29, 0.717) is 17.2 Å². The first-order valence-corrected chi connectivity index (χ1v) is 11.0. The minimum atomic E-state index is -3.57. The highest BCUT2D eigenvalue weighted by atomic mass is 32.2. The van der Waals surface area contributed by atoms with E-state index in [1.54, 1.807) is 6.07 Å². The first kappa shape index (κ1) is 17.9. The van der Waals surface area contributed by atoms with E-state index < -0.39 is 16.1 Å². The largest absolute Gasteiger partial charge is 0.341 e. The molecular weight excluding hydrogens is 344 g/mol. The fourth-order valence-corrected chi connectivity index (χ4v) is 6.89. The van der Waals surface area contributed by atoms with E-state index >= 15 is 0 Å². The Morgan fingerprint density at radius 1 is 1.17 bits per heavy atom. The Bertz CT molecular complexity index is 692. The van der Waals surface area contributed by atoms with Gasteiger partial charge in [0.2, 0.25) is 5.91 Å². The molecule has 0 radical (unpaired) electrons. The van der Waals surface area contributed by atoms with Crippen molar-refractivity contribution in [2.24, 2.45) is 0 Å². The van der Waals surface area contributed by atoms with Gasteiger partial charge in [0.1, 0.15) is 10.3 Å². The molecule has 0 spiro atoms. The molecule has 1 atom stereocenters. The summed E-state index contributed by atoms with van der Waals surface area (Å²) >= 11 is 1.28. The highest BCUT2D eigenvalue weighted by molar-refractivity contribution is 7.91. The molecule has 2 aliphatic rings. The second-order valence-electron chi connectivity index (χ2n) is 6.88. The molecular formula is C17H26N2O3S2. The second-order valence-corrected chi connectivity index (χ2v) is 10.3. The van der Waals surface area contributed by atoms with Crippen LogP contribution in [0.25, 0.3) is 0 Å². The summed E-state index contributed by atoms with van der Waals surface area (Å²) in [5, 5.41) is 0. The molecule has 2 fully saturated rings. The highest BCUT2D eigenvalue weighted by Crippen LogP contribution is 2.32. The highest BCUT2D eigenvalue weighted by Gasteiger charge is 2.42. The lowest BCUT2D eigenvalue weighted by Crippen LogP contribution is -2.49. The van der Waals surface area contributed by atoms with E-state index in [4.69, 9.17) is 0 Å². The topological polar surface area (TPSA) is 57.7 Å². The predicted molar refractivity (Wildman–Crippen MR) is 95.6 cm³/mol. The molecule has 0 aromatic carbocycles. The average molecular weight is 371 g/mol. The minimum Gasteiger partial charge on any atom is -0.341 e. The summed E-state index contributed by atoms with van der Waals surface area (Å²) in [6.07, 6.45) is 6.99. The van der Waals surface area contributed by atoms with Crippen LogP contribution < -0.4 is 0 Å². The molecule has 1 aromatic heterocycles. The van der Waals surface area contributed by atoms with Crippen molar-refractivity contribution >= 4 is 27.3 Å². The van der Waals surface area contributed by atoms with Crippen LogP contribution in [-0.4, -0.2) is 49.2 Å². The Hall–Kier alpha value is -0.920. The van der Waals surface area contributed by atoms with E-state index in [0.717, 1.165) is 37.0 Å². The molecule has 0 bridgehead atoms. The maximum Gasteiger partial charge on any atom is 0.253 e. The van der Waals surface area contributed by atoms with Gasteiger partial charge >= 0.3 is 0 Å². The Morgan fingerprint density at radius 2 is 1.88 bits per heavy atom. The standard InChI is InChI=1S/C17H26N2O3S2/c1-13-10-11-16(23-13)24(21,22)19-12-6-9-15(19)17(20)18(2)14-7-4-3-5-8-14/h10-11,14-15H,3-9,12H2,1-2H3. The molecule has 7 heteroatoms. The quantitative estimate of drug-likeness (QED) is 0.819. The smallest absolute Gasteiger partial charge is 0.253 e. The lowest BCUT2D eigenvalue weighted by molar-refractivity contribution is -0.136. The second kappa shape index (κ2) is 7.14. The fraction of sp³-hybridized carbons (Fsp3) is 0.706. The molecule has 1 unspecified atom stereocenters. The third kappa shape index (κ3) is 3.39. The molecule has 134 valence electrons. The molecule has 5 nitrogen and oxygen atoms in total. The molecule has 24 heavy (non-hydrogen) atoms. The molecule has 1 saturated heterocycles. The van der Waals surface area contributed by atoms with Gasteiger partial charge in [0.05, 0.1) is 0 Å². The summed E-state index contributed by atoms with van der Waals surface area (Å²) in [7, 11) is -1.73. The molecule has 1 aromatic rings. The van der Waals surface area contributed by atoms with Crippen LogP contribution in [0.5, 0.6) is 0 Å². The van der Waals surface area contributed by atoms with Gasteiger partial charge in [-0.25, -0.2) is 8.42 Å². The molecule has 1 aliphatic carbocycles. The Kier molecular flexibility index (Phi) is 5.32. The van der Waals surface area contributed by atoms with E-state index in [1.165, 1.54) is 22.1 Å². The van der Waals surface area contributed by atoms with Gasteiger partial charge in [-0.3, -0.25) is 4.79 Å². The van der Waals surface area contributed by atoms with Crippen LogP contribution in [-0.2, 0) is 14.8 Å². The Balaban J connectivity index is 1.78. The van der Waals surface area contributed by atoms with Gasteiger partial charge in [-0.15, -0.1) is 11.3 Å². The summed E-state index contributed by atoms with van der Waals surface area (Å²) in [5.41, 5.74) is 0. The van der Waals surface area contributed by atoms with Crippen LogP contribution in [0.3, 0.4) is 0 Å². The average Bonchev–Trinajstić information content (AvgIpc) is 3.23. The van der Waals surface area contributed by atoms with E-state index in [-0.39, 0.29) is 11.9 Å². The number of carbonyl (C=O) groups excluding carboxylic acids is 1. The first-order chi connectivity index (χ1) is 11.4. The molecule has 3 rings (SSSR count). The van der Waals surface area contributed by atoms with Crippen molar-refractivity contribution < 1.29 is 13.2 Å². The summed E-state index contributed by atoms with van der Waals surface area (Å²) in [6.45, 7) is 2.33. The van der Waals surface area contributed by atoms with Gasteiger partial charge in [-0.1, -0.05) is 19.3 Å². The normalized spacial score (nSPS) is 23.5. The molecule has 2 heterocycles. The number of amides is 1. The molecule has 1 amide bonds. The zero-order chi connectivity index (χ0) is 17.3. The van der Waals surface area contributed by atoms with Crippen molar-refractivity contribution in [1.82, 2.24) is 9.21 Å². The zero-order valence-electron chi connectivity index (χ0n) is 14.4. The van der Waals surface area contributed by atoms with Crippen LogP contribution >= 0.6 is 11.3 Å². The lowest BCUT2D eigenvalue weighted by atomic mass is 9.94. The predicted octanol–water partition coefficient (Wildman–Crippen LogP) is 3.00. The fourth-order valence-electron chi connectivity index (χ4n) is 3.82. The number of likely N-dealkylation sites (N-methyl/N-ethyl adjacent to an activating group) is 1. The van der Waals surface area contributed by atoms with Gasteiger partial charge < -0.3 is 4.90 Å². The summed E-state index contributed by atoms with van der Waals surface area (Å²) in [4.78, 5) is 15.7. The number of nitrogens with zero attached hydrogens (tertiary/aromatic N) is 2. The van der Waals surface area contributed by atoms with Crippen molar-refractivity contribution in [1.29, 1.82) is 0 Å². The summed E-state index contributed by atoms with van der Waals surface area (Å²) < 4.78 is 27.6. The minimum absolute atomic E-state index is 0.0312. The molecule has 0 N–H and O–H groups in total. The summed E-state index contributed by atoms with van der Waals surface area (Å²) in [5.74, 6) is -0.0312. The van der Waals surface area contributed by atoms with Gasteiger partial charge in [0.25, 0.3) is 10.0 Å². The summed E-state index contributed by atoms with van der Waals surface area (Å²) in [6, 6.07) is 3.20. The lowest BCUT2D eigenvalue weighted by Gasteiger charge is -2.34. The molecule has 1 saturated carbocycles. The number of aryl methyl sites for hydroxylation is 1. The van der Waals surface area contributed by atoms with E-state index in [2.05, 4.69) is 0 Å². The van der Waals surface area contributed by atoms with Crippen LogP contribution in [0.1, 0.15) is 49.8 Å². The number of hydrogen-bond donors (Lipinski definition) is 0. The van der Waals surface area contributed by atoms with Crippen molar-refractivity contribution in [3.05, 3.63) is 17.0 Å². The van der Waals surface area contributed by atoms with E-state index in [1.807, 2.05) is 24.9 Å². The van der Waals surface area contributed by atoms with Crippen molar-refractivity contribution in [3.8, 4) is 0 Å². The number of thiophene rings is 1. The van der Waals surface area contributed by atoms with Crippen LogP contribution in [0.15, 0.2) is 16.3 Å². The van der Waals surface area contributed by atoms with Crippen molar-refractivity contribution in [2.45, 2.75) is 68.2 Å². The van der Waals surface area contributed by atoms with Gasteiger partial charge in [-0.2, -0.15) is 4.31 Å². The van der Waals surface area contributed by atoms with Crippen LogP contribution in [0.2, 0.25) is 0 Å². The van der Waals surface area contributed by atoms with Crippen LogP contribution in [0, 0.1) is 6.92 Å². The number of sulfonamides is 1. The third-order valence-corrected chi connectivity index (χ3v) is 8.61. The third-order valence-electron chi connectivity index (χ3n) is 5.24. The van der Waals surface area contributed by atoms with Gasteiger partial charge in [0, 0.05) is 24.5 Å². The number of carbonyl (C=O) groups is 1. The Morgan fingerprint density at radius 3 is 2.50 bits per heavy atom. The van der Waals surface area contributed by atoms with Gasteiger partial charge in [-0.05, 0) is 44.7 Å². The van der Waals surface area contributed by atoms with Crippen molar-refractivity contribution in [2.75, 3.05) is 13.6 Å². The first-order valence-electron chi connectivity index (χ1n) is 8.76. The zero-order valence-corrected chi connectivity index (χ0v) is 16.0.